The van der Waals surface area contributed by atoms with Gasteiger partial charge in [0.05, 0.1) is 4.90 Å². The number of hydrogen-bond acceptors (Lipinski definition) is 4. The minimum absolute atomic E-state index is 0.0619. The second-order valence-electron chi connectivity index (χ2n) is 5.92. The van der Waals surface area contributed by atoms with Crippen molar-refractivity contribution in [2.75, 3.05) is 0 Å². The number of sulfonamides is 1. The molecular formula is C14H24N2O2S2. The Balaban J connectivity index is 2.13. The van der Waals surface area contributed by atoms with Crippen molar-refractivity contribution in [3.8, 4) is 0 Å². The molecule has 0 bridgehead atoms. The van der Waals surface area contributed by atoms with Gasteiger partial charge in [0.2, 0.25) is 10.0 Å². The normalized spacial score (nSPS) is 27.7. The molecule has 0 saturated heterocycles. The Labute approximate surface area is 125 Å². The van der Waals surface area contributed by atoms with E-state index >= 15 is 0 Å². The van der Waals surface area contributed by atoms with Crippen LogP contribution >= 0.6 is 11.3 Å². The smallest absolute Gasteiger partial charge is 0.241 e. The molecule has 1 aromatic heterocycles. The highest BCUT2D eigenvalue weighted by Crippen LogP contribution is 2.31. The van der Waals surface area contributed by atoms with Gasteiger partial charge in [0.15, 0.2) is 0 Å². The van der Waals surface area contributed by atoms with Gasteiger partial charge in [-0.3, -0.25) is 0 Å². The highest BCUT2D eigenvalue weighted by Gasteiger charge is 2.29. The lowest BCUT2D eigenvalue weighted by Gasteiger charge is -2.32. The molecule has 114 valence electrons. The average Bonchev–Trinajstić information content (AvgIpc) is 2.76. The number of nitrogens with one attached hydrogen (secondary N) is 1. The van der Waals surface area contributed by atoms with Crippen LogP contribution in [0.4, 0.5) is 0 Å². The van der Waals surface area contributed by atoms with Gasteiger partial charge in [-0.1, -0.05) is 13.8 Å². The molecule has 20 heavy (non-hydrogen) atoms. The van der Waals surface area contributed by atoms with Crippen molar-refractivity contribution in [1.82, 2.24) is 4.72 Å². The van der Waals surface area contributed by atoms with Gasteiger partial charge in [-0.05, 0) is 44.1 Å². The Morgan fingerprint density at radius 1 is 1.35 bits per heavy atom. The van der Waals surface area contributed by atoms with E-state index in [-0.39, 0.29) is 6.04 Å². The van der Waals surface area contributed by atoms with Crippen LogP contribution in [-0.4, -0.2) is 14.5 Å². The molecule has 0 aromatic carbocycles. The molecule has 1 heterocycles. The standard InChI is InChI=1S/C14H24N2O2S2/c1-9-4-5-12(6-10(9)2)16-20(17,18)14-7-13(8-15)19-11(14)3/h7,9-10,12,16H,4-6,8,15H2,1-3H3. The number of rotatable bonds is 4. The first-order chi connectivity index (χ1) is 9.33. The largest absolute Gasteiger partial charge is 0.326 e. The third-order valence-electron chi connectivity index (χ3n) is 4.33. The summed E-state index contributed by atoms with van der Waals surface area (Å²) in [6.45, 7) is 6.67. The highest BCUT2D eigenvalue weighted by molar-refractivity contribution is 7.89. The van der Waals surface area contributed by atoms with Crippen LogP contribution in [0.25, 0.3) is 0 Å². The van der Waals surface area contributed by atoms with E-state index in [9.17, 15) is 8.42 Å². The number of thiophene rings is 1. The summed E-state index contributed by atoms with van der Waals surface area (Å²) in [4.78, 5) is 2.12. The predicted molar refractivity (Wildman–Crippen MR) is 83.2 cm³/mol. The number of aryl methyl sites for hydroxylation is 1. The molecule has 2 rings (SSSR count). The molecule has 0 radical (unpaired) electrons. The molecule has 6 heteroatoms. The zero-order valence-corrected chi connectivity index (χ0v) is 14.0. The van der Waals surface area contributed by atoms with E-state index in [0.717, 1.165) is 29.0 Å². The summed E-state index contributed by atoms with van der Waals surface area (Å²) in [5.41, 5.74) is 5.59. The van der Waals surface area contributed by atoms with Gasteiger partial charge in [0.1, 0.15) is 0 Å². The zero-order valence-electron chi connectivity index (χ0n) is 12.3. The molecule has 3 N–H and O–H groups in total. The lowest BCUT2D eigenvalue weighted by atomic mass is 9.79. The van der Waals surface area contributed by atoms with E-state index in [1.165, 1.54) is 11.3 Å². The van der Waals surface area contributed by atoms with Gasteiger partial charge >= 0.3 is 0 Å². The molecule has 3 unspecified atom stereocenters. The van der Waals surface area contributed by atoms with Crippen molar-refractivity contribution in [1.29, 1.82) is 0 Å². The van der Waals surface area contributed by atoms with E-state index in [4.69, 9.17) is 5.73 Å². The molecule has 1 aliphatic carbocycles. The van der Waals surface area contributed by atoms with Crippen LogP contribution in [0.5, 0.6) is 0 Å². The summed E-state index contributed by atoms with van der Waals surface area (Å²) < 4.78 is 27.9. The van der Waals surface area contributed by atoms with Crippen molar-refractivity contribution >= 4 is 21.4 Å². The summed E-state index contributed by atoms with van der Waals surface area (Å²) in [6, 6.07) is 1.77. The topological polar surface area (TPSA) is 72.2 Å². The van der Waals surface area contributed by atoms with E-state index in [1.54, 1.807) is 6.07 Å². The quantitative estimate of drug-likeness (QED) is 0.897. The van der Waals surface area contributed by atoms with Crippen LogP contribution in [-0.2, 0) is 16.6 Å². The third-order valence-corrected chi connectivity index (χ3v) is 7.18. The third kappa shape index (κ3) is 3.42. The summed E-state index contributed by atoms with van der Waals surface area (Å²) >= 11 is 1.46. The van der Waals surface area contributed by atoms with Gasteiger partial charge in [0, 0.05) is 22.3 Å². The second-order valence-corrected chi connectivity index (χ2v) is 8.95. The fourth-order valence-corrected chi connectivity index (χ4v) is 5.63. The molecule has 1 aromatic rings. The first-order valence-corrected chi connectivity index (χ1v) is 9.45. The van der Waals surface area contributed by atoms with Crippen molar-refractivity contribution in [3.05, 3.63) is 15.8 Å². The first kappa shape index (κ1) is 15.9. The van der Waals surface area contributed by atoms with Crippen molar-refractivity contribution in [3.63, 3.8) is 0 Å². The van der Waals surface area contributed by atoms with Gasteiger partial charge < -0.3 is 5.73 Å². The lowest BCUT2D eigenvalue weighted by molar-refractivity contribution is 0.242. The lowest BCUT2D eigenvalue weighted by Crippen LogP contribution is -2.39. The Bertz CT molecular complexity index is 566. The Hall–Kier alpha value is -0.430. The summed E-state index contributed by atoms with van der Waals surface area (Å²) in [6.07, 6.45) is 2.94. The Morgan fingerprint density at radius 3 is 2.60 bits per heavy atom. The van der Waals surface area contributed by atoms with E-state index < -0.39 is 10.0 Å². The maximum atomic E-state index is 12.5. The predicted octanol–water partition coefficient (Wildman–Crippen LogP) is 2.62. The highest BCUT2D eigenvalue weighted by atomic mass is 32.2. The van der Waals surface area contributed by atoms with E-state index in [0.29, 0.717) is 23.3 Å². The molecule has 3 atom stereocenters. The summed E-state index contributed by atoms with van der Waals surface area (Å²) in [7, 11) is -3.42. The van der Waals surface area contributed by atoms with Gasteiger partial charge in [0.25, 0.3) is 0 Å². The fourth-order valence-electron chi connectivity index (χ4n) is 2.83. The molecule has 0 aliphatic heterocycles. The van der Waals surface area contributed by atoms with Crippen LogP contribution in [0.15, 0.2) is 11.0 Å². The summed E-state index contributed by atoms with van der Waals surface area (Å²) in [5, 5.41) is 0. The number of nitrogens with two attached hydrogens (primary N) is 1. The number of hydrogen-bond donors (Lipinski definition) is 2. The van der Waals surface area contributed by atoms with Crippen molar-refractivity contribution in [2.45, 2.75) is 57.5 Å². The first-order valence-electron chi connectivity index (χ1n) is 7.15. The van der Waals surface area contributed by atoms with Crippen LogP contribution in [0.1, 0.15) is 42.9 Å². The maximum absolute atomic E-state index is 12.5. The van der Waals surface area contributed by atoms with Crippen LogP contribution in [0, 0.1) is 18.8 Å². The molecule has 0 spiro atoms. The SMILES string of the molecule is Cc1sc(CN)cc1S(=O)(=O)NC1CCC(C)C(C)C1. The van der Waals surface area contributed by atoms with E-state index in [2.05, 4.69) is 18.6 Å². The molecule has 1 aliphatic rings. The van der Waals surface area contributed by atoms with Crippen LogP contribution < -0.4 is 10.5 Å². The minimum Gasteiger partial charge on any atom is -0.326 e. The molecule has 1 saturated carbocycles. The monoisotopic (exact) mass is 316 g/mol. The zero-order chi connectivity index (χ0) is 14.9. The maximum Gasteiger partial charge on any atom is 0.241 e. The van der Waals surface area contributed by atoms with Crippen LogP contribution in [0.3, 0.4) is 0 Å². The molecule has 0 amide bonds. The second kappa shape index (κ2) is 6.13. The minimum atomic E-state index is -3.42. The molecule has 4 nitrogen and oxygen atoms in total. The van der Waals surface area contributed by atoms with Crippen molar-refractivity contribution in [2.24, 2.45) is 17.6 Å². The molecule has 1 fully saturated rings. The molecular weight excluding hydrogens is 292 g/mol. The Morgan fingerprint density at radius 2 is 2.05 bits per heavy atom. The van der Waals surface area contributed by atoms with Crippen molar-refractivity contribution < 1.29 is 8.42 Å². The average molecular weight is 316 g/mol. The van der Waals surface area contributed by atoms with Gasteiger partial charge in [-0.15, -0.1) is 11.3 Å². The summed E-state index contributed by atoms with van der Waals surface area (Å²) in [5.74, 6) is 1.25. The van der Waals surface area contributed by atoms with Gasteiger partial charge in [-0.2, -0.15) is 0 Å². The fraction of sp³-hybridized carbons (Fsp3) is 0.714. The van der Waals surface area contributed by atoms with Crippen LogP contribution in [0.2, 0.25) is 0 Å². The Kier molecular flexibility index (Phi) is 4.89. The van der Waals surface area contributed by atoms with E-state index in [1.807, 2.05) is 6.92 Å². The van der Waals surface area contributed by atoms with Gasteiger partial charge in [-0.25, -0.2) is 13.1 Å².